The summed E-state index contributed by atoms with van der Waals surface area (Å²) >= 11 is 0. The van der Waals surface area contributed by atoms with Gasteiger partial charge in [-0.25, -0.2) is 4.79 Å². The molecule has 9 nitrogen and oxygen atoms in total. The molecule has 0 saturated heterocycles. The van der Waals surface area contributed by atoms with Gasteiger partial charge in [-0.2, -0.15) is 4.99 Å². The average molecular weight is 559 g/mol. The van der Waals surface area contributed by atoms with Crippen LogP contribution in [-0.2, 0) is 11.3 Å². The molecule has 5 N–H and O–H groups in total. The van der Waals surface area contributed by atoms with Gasteiger partial charge in [0.15, 0.2) is 0 Å². The van der Waals surface area contributed by atoms with Gasteiger partial charge in [-0.15, -0.1) is 0 Å². The molecule has 0 heterocycles. The van der Waals surface area contributed by atoms with Crippen LogP contribution in [0.4, 0.5) is 10.5 Å². The van der Waals surface area contributed by atoms with E-state index in [0.29, 0.717) is 46.0 Å². The molecule has 3 amide bonds. The van der Waals surface area contributed by atoms with E-state index in [1.54, 1.807) is 75.4 Å². The Labute approximate surface area is 240 Å². The number of carbonyl (C=O) groups excluding carboxylic acids is 3. The number of nitrogens with one attached hydrogen (secondary N) is 2. The fourth-order valence-electron chi connectivity index (χ4n) is 3.99. The van der Waals surface area contributed by atoms with Crippen molar-refractivity contribution in [3.8, 4) is 11.1 Å². The molecule has 9 heteroatoms. The summed E-state index contributed by atoms with van der Waals surface area (Å²) in [6.07, 6.45) is -0.786. The molecule has 0 saturated carbocycles. The summed E-state index contributed by atoms with van der Waals surface area (Å²) in [6.45, 7) is 11.5. The highest BCUT2D eigenvalue weighted by Gasteiger charge is 2.18. The van der Waals surface area contributed by atoms with Gasteiger partial charge in [0.25, 0.3) is 11.8 Å². The summed E-state index contributed by atoms with van der Waals surface area (Å²) in [4.78, 5) is 41.7. The number of nitrogens with zero attached hydrogens (tertiary/aromatic N) is 1. The van der Waals surface area contributed by atoms with Crippen LogP contribution in [0, 0.1) is 12.8 Å². The van der Waals surface area contributed by atoms with Gasteiger partial charge >= 0.3 is 6.09 Å². The quantitative estimate of drug-likeness (QED) is 0.214. The second-order valence-corrected chi connectivity index (χ2v) is 11.2. The highest BCUT2D eigenvalue weighted by Crippen LogP contribution is 2.30. The van der Waals surface area contributed by atoms with Crippen molar-refractivity contribution in [1.82, 2.24) is 5.32 Å². The maximum atomic E-state index is 13.4. The van der Waals surface area contributed by atoms with E-state index in [1.807, 2.05) is 26.8 Å². The lowest BCUT2D eigenvalue weighted by molar-refractivity contribution is 0.0604. The lowest BCUT2D eigenvalue weighted by Gasteiger charge is -2.17. The van der Waals surface area contributed by atoms with Crippen LogP contribution >= 0.6 is 0 Å². The van der Waals surface area contributed by atoms with Gasteiger partial charge < -0.3 is 26.2 Å². The number of nitrogens with two attached hydrogens (primary N) is 1. The maximum Gasteiger partial charge on any atom is 0.436 e. The molecular weight excluding hydrogens is 520 g/mol. The first-order valence-corrected chi connectivity index (χ1v) is 13.4. The molecule has 0 aliphatic heterocycles. The molecule has 0 atom stereocenters. The van der Waals surface area contributed by atoms with E-state index in [0.717, 1.165) is 11.1 Å². The molecule has 0 radical (unpaired) electrons. The minimum absolute atomic E-state index is 0.00388. The molecule has 0 aliphatic rings. The molecular formula is C32H38N4O5. The van der Waals surface area contributed by atoms with E-state index in [-0.39, 0.29) is 24.3 Å². The molecule has 0 fully saturated rings. The topological polar surface area (TPSA) is 143 Å². The van der Waals surface area contributed by atoms with E-state index in [2.05, 4.69) is 15.6 Å². The number of anilines is 1. The minimum Gasteiger partial charge on any atom is -0.442 e. The van der Waals surface area contributed by atoms with Gasteiger partial charge in [0.1, 0.15) is 11.4 Å². The zero-order valence-corrected chi connectivity index (χ0v) is 24.4. The van der Waals surface area contributed by atoms with E-state index in [9.17, 15) is 19.5 Å². The smallest absolute Gasteiger partial charge is 0.436 e. The standard InChI is InChI=1S/C32H38N4O5/c1-19(2)17-34-29(38)23-10-14-25(20(3)15-23)27-16-21(18-37)7-13-26(27)30(39)35-24-11-8-22(9-12-24)28(33)36-31(40)41-32(4,5)6/h7-16,19,37H,17-18H2,1-6H3,(H,34,38)(H,35,39)(H2,33,36,40). The summed E-state index contributed by atoms with van der Waals surface area (Å²) in [5, 5.41) is 15.5. The number of aliphatic hydroxyl groups is 1. The first-order chi connectivity index (χ1) is 19.3. The van der Waals surface area contributed by atoms with Crippen molar-refractivity contribution < 1.29 is 24.2 Å². The number of hydrogen-bond donors (Lipinski definition) is 4. The SMILES string of the molecule is Cc1cc(C(=O)NCC(C)C)ccc1-c1cc(CO)ccc1C(=O)Nc1ccc(/C(N)=N/C(=O)OC(C)(C)C)cc1. The molecule has 41 heavy (non-hydrogen) atoms. The Morgan fingerprint density at radius 1 is 0.927 bits per heavy atom. The van der Waals surface area contributed by atoms with Crippen molar-refractivity contribution in [3.05, 3.63) is 88.5 Å². The summed E-state index contributed by atoms with van der Waals surface area (Å²) in [6, 6.07) is 17.1. The monoisotopic (exact) mass is 558 g/mol. The third-order valence-electron chi connectivity index (χ3n) is 6.00. The van der Waals surface area contributed by atoms with E-state index >= 15 is 0 Å². The van der Waals surface area contributed by atoms with Crippen LogP contribution in [0.3, 0.4) is 0 Å². The Kier molecular flexibility index (Phi) is 10.0. The third kappa shape index (κ3) is 8.74. The highest BCUT2D eigenvalue weighted by atomic mass is 16.6. The largest absolute Gasteiger partial charge is 0.442 e. The molecule has 0 aliphatic carbocycles. The number of amidine groups is 1. The lowest BCUT2D eigenvalue weighted by atomic mass is 9.92. The van der Waals surface area contributed by atoms with Gasteiger partial charge in [0.05, 0.1) is 6.61 Å². The first kappa shape index (κ1) is 31.0. The Balaban J connectivity index is 1.84. The fourth-order valence-corrected chi connectivity index (χ4v) is 3.99. The second-order valence-electron chi connectivity index (χ2n) is 11.2. The number of ether oxygens (including phenoxy) is 1. The number of benzene rings is 3. The van der Waals surface area contributed by atoms with Crippen molar-refractivity contribution >= 4 is 29.4 Å². The fraction of sp³-hybridized carbons (Fsp3) is 0.312. The van der Waals surface area contributed by atoms with E-state index in [4.69, 9.17) is 10.5 Å². The summed E-state index contributed by atoms with van der Waals surface area (Å²) in [7, 11) is 0. The number of aliphatic hydroxyl groups excluding tert-OH is 1. The molecule has 0 unspecified atom stereocenters. The molecule has 216 valence electrons. The Bertz CT molecular complexity index is 1450. The number of amides is 3. The Hall–Kier alpha value is -4.50. The van der Waals surface area contributed by atoms with E-state index < -0.39 is 11.7 Å². The van der Waals surface area contributed by atoms with Crippen LogP contribution in [0.2, 0.25) is 0 Å². The predicted molar refractivity (Wildman–Crippen MR) is 161 cm³/mol. The minimum atomic E-state index is -0.786. The first-order valence-electron chi connectivity index (χ1n) is 13.4. The van der Waals surface area contributed by atoms with Crippen molar-refractivity contribution in [2.45, 2.75) is 53.8 Å². The molecule has 0 bridgehead atoms. The maximum absolute atomic E-state index is 13.4. The Morgan fingerprint density at radius 2 is 1.59 bits per heavy atom. The molecule has 3 rings (SSSR count). The van der Waals surface area contributed by atoms with Crippen molar-refractivity contribution in [1.29, 1.82) is 0 Å². The number of carbonyl (C=O) groups is 3. The van der Waals surface area contributed by atoms with Crippen LogP contribution in [0.1, 0.15) is 72.0 Å². The van der Waals surface area contributed by atoms with Crippen LogP contribution in [-0.4, -0.2) is 41.0 Å². The average Bonchev–Trinajstić information content (AvgIpc) is 2.90. The summed E-state index contributed by atoms with van der Waals surface area (Å²) in [5.41, 5.74) is 10.1. The van der Waals surface area contributed by atoms with Gasteiger partial charge in [0.2, 0.25) is 0 Å². The molecule has 0 aromatic heterocycles. The van der Waals surface area contributed by atoms with Crippen molar-refractivity contribution in [3.63, 3.8) is 0 Å². The zero-order chi connectivity index (χ0) is 30.3. The number of rotatable bonds is 8. The molecule has 3 aromatic carbocycles. The normalized spacial score (nSPS) is 11.8. The summed E-state index contributed by atoms with van der Waals surface area (Å²) < 4.78 is 5.17. The van der Waals surface area contributed by atoms with Crippen molar-refractivity contribution in [2.24, 2.45) is 16.6 Å². The van der Waals surface area contributed by atoms with Crippen molar-refractivity contribution in [2.75, 3.05) is 11.9 Å². The van der Waals surface area contributed by atoms with Crippen LogP contribution in [0.5, 0.6) is 0 Å². The second kappa shape index (κ2) is 13.2. The van der Waals surface area contributed by atoms with Gasteiger partial charge in [-0.3, -0.25) is 9.59 Å². The van der Waals surface area contributed by atoms with Crippen LogP contribution < -0.4 is 16.4 Å². The predicted octanol–water partition coefficient (Wildman–Crippen LogP) is 5.43. The lowest BCUT2D eigenvalue weighted by Crippen LogP contribution is -2.27. The van der Waals surface area contributed by atoms with Gasteiger partial charge in [0, 0.05) is 28.9 Å². The number of aliphatic imine (C=N–C) groups is 1. The molecule has 3 aromatic rings. The Morgan fingerprint density at radius 3 is 2.17 bits per heavy atom. The van der Waals surface area contributed by atoms with Crippen LogP contribution in [0.25, 0.3) is 11.1 Å². The zero-order valence-electron chi connectivity index (χ0n) is 24.4. The van der Waals surface area contributed by atoms with E-state index in [1.165, 1.54) is 0 Å². The molecule has 0 spiro atoms. The number of aryl methyl sites for hydroxylation is 1. The highest BCUT2D eigenvalue weighted by molar-refractivity contribution is 6.09. The number of hydrogen-bond acceptors (Lipinski definition) is 5. The van der Waals surface area contributed by atoms with Gasteiger partial charge in [-0.05, 0) is 104 Å². The van der Waals surface area contributed by atoms with Crippen LogP contribution in [0.15, 0.2) is 65.7 Å². The summed E-state index contributed by atoms with van der Waals surface area (Å²) in [5.74, 6) is -0.183. The van der Waals surface area contributed by atoms with Gasteiger partial charge in [-0.1, -0.05) is 26.0 Å². The third-order valence-corrected chi connectivity index (χ3v) is 6.00.